The predicted molar refractivity (Wildman–Crippen MR) is 45.9 cm³/mol. The van der Waals surface area contributed by atoms with Crippen molar-refractivity contribution in [2.75, 3.05) is 0 Å². The van der Waals surface area contributed by atoms with Gasteiger partial charge in [0.2, 0.25) is 6.41 Å². The summed E-state index contributed by atoms with van der Waals surface area (Å²) in [5, 5.41) is 0. The highest BCUT2D eigenvalue weighted by Crippen LogP contribution is 2.05. The van der Waals surface area contributed by atoms with Crippen LogP contribution in [-0.4, -0.2) is 11.0 Å². The lowest BCUT2D eigenvalue weighted by Crippen LogP contribution is -1.93. The molecule has 2 heteroatoms. The molecule has 0 fully saturated rings. The molecule has 0 unspecified atom stereocenters. The molecule has 1 aromatic rings. The summed E-state index contributed by atoms with van der Waals surface area (Å²) in [5.74, 6) is 0. The van der Waals surface area contributed by atoms with Gasteiger partial charge in [-0.25, -0.2) is 0 Å². The number of carbonyl (C=O) groups excluding carboxylic acids is 1. The Hall–Kier alpha value is -1.31. The summed E-state index contributed by atoms with van der Waals surface area (Å²) in [5.41, 5.74) is 2.12. The molecule has 0 amide bonds. The lowest BCUT2D eigenvalue weighted by molar-refractivity contribution is 0.547. The Morgan fingerprint density at radius 1 is 1.55 bits per heavy atom. The zero-order valence-corrected chi connectivity index (χ0v) is 6.74. The average molecular weight is 149 g/mol. The summed E-state index contributed by atoms with van der Waals surface area (Å²) in [6.07, 6.45) is 4.50. The molecular formula is C9H11NO. The summed E-state index contributed by atoms with van der Waals surface area (Å²) in [4.78, 5) is 10.4. The topological polar surface area (TPSA) is 22.0 Å². The van der Waals surface area contributed by atoms with Gasteiger partial charge in [0.15, 0.2) is 0 Å². The second-order valence-corrected chi connectivity index (χ2v) is 2.67. The Morgan fingerprint density at radius 3 is 2.82 bits per heavy atom. The summed E-state index contributed by atoms with van der Waals surface area (Å²) >= 11 is 0. The van der Waals surface area contributed by atoms with Crippen molar-refractivity contribution in [2.24, 2.45) is 0 Å². The van der Waals surface area contributed by atoms with Crippen LogP contribution in [0, 0.1) is 0 Å². The lowest BCUT2D eigenvalue weighted by Gasteiger charge is -1.94. The average Bonchev–Trinajstić information content (AvgIpc) is 2.34. The molecule has 0 aliphatic heterocycles. The Bertz CT molecular complexity index is 280. The molecule has 0 radical (unpaired) electrons. The molecule has 0 aromatic carbocycles. The van der Waals surface area contributed by atoms with Gasteiger partial charge < -0.3 is 0 Å². The highest BCUT2D eigenvalue weighted by atomic mass is 16.1. The van der Waals surface area contributed by atoms with E-state index in [1.165, 1.54) is 5.57 Å². The van der Waals surface area contributed by atoms with Gasteiger partial charge in [0.25, 0.3) is 0 Å². The van der Waals surface area contributed by atoms with Crippen molar-refractivity contribution in [2.45, 2.75) is 13.8 Å². The molecule has 1 aromatic heterocycles. The van der Waals surface area contributed by atoms with Gasteiger partial charge >= 0.3 is 0 Å². The van der Waals surface area contributed by atoms with E-state index in [0.717, 1.165) is 12.1 Å². The molecule has 0 aliphatic carbocycles. The maximum absolute atomic E-state index is 10.4. The number of allylic oxidation sites excluding steroid dienone is 1. The Kier molecular flexibility index (Phi) is 2.26. The monoisotopic (exact) mass is 149 g/mol. The van der Waals surface area contributed by atoms with Crippen LogP contribution in [0.2, 0.25) is 0 Å². The fraction of sp³-hybridized carbons (Fsp3) is 0.222. The standard InChI is InChI=1S/C9H11NO/c1-8(2)6-9-4-3-5-10(9)7-11/h3-7H,1-2H3. The maximum Gasteiger partial charge on any atom is 0.218 e. The zero-order chi connectivity index (χ0) is 8.27. The van der Waals surface area contributed by atoms with Crippen molar-refractivity contribution in [1.29, 1.82) is 0 Å². The summed E-state index contributed by atoms with van der Waals surface area (Å²) in [7, 11) is 0. The SMILES string of the molecule is CC(C)=Cc1cccn1C=O. The summed E-state index contributed by atoms with van der Waals surface area (Å²) in [6.45, 7) is 4.00. The van der Waals surface area contributed by atoms with E-state index in [1.807, 2.05) is 32.1 Å². The minimum absolute atomic E-state index is 0.800. The molecule has 0 bridgehead atoms. The third-order valence-corrected chi connectivity index (χ3v) is 1.36. The summed E-state index contributed by atoms with van der Waals surface area (Å²) in [6, 6.07) is 3.75. The molecule has 0 spiro atoms. The van der Waals surface area contributed by atoms with Crippen LogP contribution < -0.4 is 0 Å². The van der Waals surface area contributed by atoms with Crippen LogP contribution >= 0.6 is 0 Å². The molecule has 0 aliphatic rings. The van der Waals surface area contributed by atoms with Gasteiger partial charge in [0, 0.05) is 11.9 Å². The van der Waals surface area contributed by atoms with E-state index in [1.54, 1.807) is 10.8 Å². The van der Waals surface area contributed by atoms with Crippen LogP contribution in [0.3, 0.4) is 0 Å². The Labute approximate surface area is 66.1 Å². The zero-order valence-electron chi connectivity index (χ0n) is 6.74. The van der Waals surface area contributed by atoms with Gasteiger partial charge in [-0.15, -0.1) is 0 Å². The van der Waals surface area contributed by atoms with Crippen LogP contribution in [0.4, 0.5) is 0 Å². The molecule has 2 nitrogen and oxygen atoms in total. The van der Waals surface area contributed by atoms with E-state index in [2.05, 4.69) is 0 Å². The van der Waals surface area contributed by atoms with Gasteiger partial charge in [-0.3, -0.25) is 9.36 Å². The van der Waals surface area contributed by atoms with Gasteiger partial charge in [-0.05, 0) is 32.1 Å². The second kappa shape index (κ2) is 3.19. The quantitative estimate of drug-likeness (QED) is 0.589. The van der Waals surface area contributed by atoms with Gasteiger partial charge in [0.05, 0.1) is 0 Å². The van der Waals surface area contributed by atoms with E-state index < -0.39 is 0 Å². The molecule has 1 rings (SSSR count). The van der Waals surface area contributed by atoms with Crippen LogP contribution in [0.1, 0.15) is 19.5 Å². The molecule has 58 valence electrons. The third kappa shape index (κ3) is 1.80. The predicted octanol–water partition coefficient (Wildman–Crippen LogP) is 1.95. The number of carbonyl (C=O) groups is 1. The molecule has 0 saturated heterocycles. The second-order valence-electron chi connectivity index (χ2n) is 2.67. The third-order valence-electron chi connectivity index (χ3n) is 1.36. The van der Waals surface area contributed by atoms with E-state index >= 15 is 0 Å². The fourth-order valence-electron chi connectivity index (χ4n) is 0.921. The van der Waals surface area contributed by atoms with Crippen molar-refractivity contribution >= 4 is 12.5 Å². The van der Waals surface area contributed by atoms with Crippen LogP contribution in [0.25, 0.3) is 6.08 Å². The number of aromatic nitrogens is 1. The smallest absolute Gasteiger partial charge is 0.218 e. The van der Waals surface area contributed by atoms with E-state index in [0.29, 0.717) is 0 Å². The highest BCUT2D eigenvalue weighted by Gasteiger charge is 1.93. The molecule has 11 heavy (non-hydrogen) atoms. The lowest BCUT2D eigenvalue weighted by atomic mass is 10.3. The summed E-state index contributed by atoms with van der Waals surface area (Å²) < 4.78 is 1.55. The first-order valence-electron chi connectivity index (χ1n) is 3.51. The van der Waals surface area contributed by atoms with Crippen LogP contribution in [-0.2, 0) is 4.79 Å². The number of hydrogen-bond acceptors (Lipinski definition) is 1. The van der Waals surface area contributed by atoms with Gasteiger partial charge in [-0.1, -0.05) is 5.57 Å². The fourth-order valence-corrected chi connectivity index (χ4v) is 0.921. The first kappa shape index (κ1) is 7.79. The van der Waals surface area contributed by atoms with Crippen molar-refractivity contribution in [3.05, 3.63) is 29.6 Å². The van der Waals surface area contributed by atoms with E-state index in [4.69, 9.17) is 0 Å². The first-order valence-corrected chi connectivity index (χ1v) is 3.51. The van der Waals surface area contributed by atoms with Gasteiger partial charge in [0.1, 0.15) is 0 Å². The van der Waals surface area contributed by atoms with Crippen molar-refractivity contribution in [1.82, 2.24) is 4.57 Å². The van der Waals surface area contributed by atoms with Crippen LogP contribution in [0.15, 0.2) is 23.9 Å². The van der Waals surface area contributed by atoms with E-state index in [9.17, 15) is 4.79 Å². The van der Waals surface area contributed by atoms with Crippen molar-refractivity contribution in [3.63, 3.8) is 0 Å². The molecule has 1 heterocycles. The Morgan fingerprint density at radius 2 is 2.27 bits per heavy atom. The largest absolute Gasteiger partial charge is 0.290 e. The van der Waals surface area contributed by atoms with Crippen LogP contribution in [0.5, 0.6) is 0 Å². The number of hydrogen-bond donors (Lipinski definition) is 0. The highest BCUT2D eigenvalue weighted by molar-refractivity contribution is 5.61. The molecule has 0 atom stereocenters. The maximum atomic E-state index is 10.4. The van der Waals surface area contributed by atoms with Crippen molar-refractivity contribution < 1.29 is 4.79 Å². The Balaban J connectivity index is 3.03. The molecule has 0 saturated carbocycles. The minimum atomic E-state index is 0.800. The molecule has 0 N–H and O–H groups in total. The minimum Gasteiger partial charge on any atom is -0.290 e. The number of rotatable bonds is 2. The molecular weight excluding hydrogens is 138 g/mol. The normalized spacial score (nSPS) is 9.27. The van der Waals surface area contributed by atoms with E-state index in [-0.39, 0.29) is 0 Å². The first-order chi connectivity index (χ1) is 5.24. The van der Waals surface area contributed by atoms with Crippen molar-refractivity contribution in [3.8, 4) is 0 Å². The number of nitrogens with zero attached hydrogens (tertiary/aromatic N) is 1. The van der Waals surface area contributed by atoms with Gasteiger partial charge in [-0.2, -0.15) is 0 Å².